The number of hydrogen-bond donors (Lipinski definition) is 0. The van der Waals surface area contributed by atoms with Crippen molar-refractivity contribution >= 4 is 5.91 Å². The Hall–Kier alpha value is -3.55. The van der Waals surface area contributed by atoms with Gasteiger partial charge in [0.05, 0.1) is 24.8 Å². The van der Waals surface area contributed by atoms with E-state index in [0.29, 0.717) is 48.6 Å². The SMILES string of the molecule is CCc1ccc(CCOc2cc(OC)cc3c2C(=O)N(Cc2cccc(C(F)(F)F)c2)CC3)nc1. The summed E-state index contributed by atoms with van der Waals surface area (Å²) < 4.78 is 50.7. The number of amides is 1. The molecule has 1 aromatic heterocycles. The van der Waals surface area contributed by atoms with Gasteiger partial charge in [-0.1, -0.05) is 25.1 Å². The minimum atomic E-state index is -4.43. The van der Waals surface area contributed by atoms with Crippen LogP contribution in [0.5, 0.6) is 11.5 Å². The Balaban J connectivity index is 1.52. The van der Waals surface area contributed by atoms with Crippen molar-refractivity contribution in [3.63, 3.8) is 0 Å². The average molecular weight is 485 g/mol. The van der Waals surface area contributed by atoms with Gasteiger partial charge in [-0.25, -0.2) is 0 Å². The van der Waals surface area contributed by atoms with Gasteiger partial charge in [-0.2, -0.15) is 13.2 Å². The fraction of sp³-hybridized carbons (Fsp3) is 0.333. The van der Waals surface area contributed by atoms with E-state index < -0.39 is 11.7 Å². The lowest BCUT2D eigenvalue weighted by molar-refractivity contribution is -0.137. The molecule has 35 heavy (non-hydrogen) atoms. The number of aromatic nitrogens is 1. The summed E-state index contributed by atoms with van der Waals surface area (Å²) >= 11 is 0. The lowest BCUT2D eigenvalue weighted by Crippen LogP contribution is -2.37. The molecule has 0 radical (unpaired) electrons. The first-order chi connectivity index (χ1) is 16.8. The monoisotopic (exact) mass is 484 g/mol. The third-order valence-corrected chi connectivity index (χ3v) is 6.08. The Morgan fingerprint density at radius 3 is 2.60 bits per heavy atom. The van der Waals surface area contributed by atoms with Gasteiger partial charge < -0.3 is 14.4 Å². The number of fused-ring (bicyclic) bond motifs is 1. The van der Waals surface area contributed by atoms with E-state index in [1.165, 1.54) is 6.07 Å². The van der Waals surface area contributed by atoms with Gasteiger partial charge >= 0.3 is 6.18 Å². The average Bonchev–Trinajstić information content (AvgIpc) is 2.85. The Morgan fingerprint density at radius 1 is 1.09 bits per heavy atom. The van der Waals surface area contributed by atoms with Crippen LogP contribution in [-0.4, -0.2) is 36.1 Å². The highest BCUT2D eigenvalue weighted by atomic mass is 19.4. The number of benzene rings is 2. The van der Waals surface area contributed by atoms with E-state index in [4.69, 9.17) is 9.47 Å². The molecule has 1 aliphatic heterocycles. The molecule has 3 aromatic rings. The number of aryl methyl sites for hydroxylation is 1. The summed E-state index contributed by atoms with van der Waals surface area (Å²) in [5.41, 5.74) is 2.97. The normalized spacial score (nSPS) is 13.5. The van der Waals surface area contributed by atoms with Crippen molar-refractivity contribution in [2.45, 2.75) is 38.9 Å². The van der Waals surface area contributed by atoms with Gasteiger partial charge in [-0.05, 0) is 53.8 Å². The number of pyridine rings is 1. The molecule has 0 aliphatic carbocycles. The summed E-state index contributed by atoms with van der Waals surface area (Å²) in [6.45, 7) is 2.86. The van der Waals surface area contributed by atoms with Crippen molar-refractivity contribution in [3.8, 4) is 11.5 Å². The number of nitrogens with zero attached hydrogens (tertiary/aromatic N) is 2. The first-order valence-electron chi connectivity index (χ1n) is 11.5. The molecule has 184 valence electrons. The highest BCUT2D eigenvalue weighted by Crippen LogP contribution is 2.34. The number of carbonyl (C=O) groups excluding carboxylic acids is 1. The van der Waals surface area contributed by atoms with E-state index in [-0.39, 0.29) is 12.5 Å². The van der Waals surface area contributed by atoms with Gasteiger partial charge in [0.1, 0.15) is 11.5 Å². The van der Waals surface area contributed by atoms with Crippen LogP contribution in [0, 0.1) is 0 Å². The molecule has 0 bridgehead atoms. The van der Waals surface area contributed by atoms with E-state index in [0.717, 1.165) is 35.4 Å². The summed E-state index contributed by atoms with van der Waals surface area (Å²) in [5, 5.41) is 0. The molecule has 5 nitrogen and oxygen atoms in total. The van der Waals surface area contributed by atoms with Gasteiger partial charge in [0, 0.05) is 37.5 Å². The van der Waals surface area contributed by atoms with Crippen LogP contribution in [0.15, 0.2) is 54.7 Å². The molecule has 0 saturated carbocycles. The standard InChI is InChI=1S/C27H27F3N2O3/c1-3-18-7-8-22(31-16-18)10-12-35-24-15-23(34-2)14-20-9-11-32(26(33)25(20)24)17-19-5-4-6-21(13-19)27(28,29)30/h4-8,13-16H,3,9-12,17H2,1-2H3. The molecule has 0 atom stereocenters. The number of alkyl halides is 3. The Kier molecular flexibility index (Phi) is 7.28. The number of ether oxygens (including phenoxy) is 2. The van der Waals surface area contributed by atoms with Crippen LogP contribution in [0.1, 0.15) is 45.2 Å². The summed E-state index contributed by atoms with van der Waals surface area (Å²) in [6, 6.07) is 12.6. The van der Waals surface area contributed by atoms with E-state index in [2.05, 4.69) is 11.9 Å². The van der Waals surface area contributed by atoms with Crippen molar-refractivity contribution in [3.05, 3.63) is 88.2 Å². The van der Waals surface area contributed by atoms with Crippen LogP contribution in [0.3, 0.4) is 0 Å². The van der Waals surface area contributed by atoms with Crippen LogP contribution >= 0.6 is 0 Å². The lowest BCUT2D eigenvalue weighted by Gasteiger charge is -2.30. The van der Waals surface area contributed by atoms with Gasteiger partial charge in [-0.15, -0.1) is 0 Å². The molecule has 0 N–H and O–H groups in total. The zero-order valence-corrected chi connectivity index (χ0v) is 19.7. The number of carbonyl (C=O) groups is 1. The number of rotatable bonds is 8. The molecular weight excluding hydrogens is 457 g/mol. The predicted molar refractivity (Wildman–Crippen MR) is 126 cm³/mol. The second-order valence-corrected chi connectivity index (χ2v) is 8.44. The molecule has 0 fully saturated rings. The summed E-state index contributed by atoms with van der Waals surface area (Å²) in [5.74, 6) is 0.721. The molecule has 0 saturated heterocycles. The van der Waals surface area contributed by atoms with Gasteiger partial charge in [0.15, 0.2) is 0 Å². The van der Waals surface area contributed by atoms with Crippen LogP contribution in [0.25, 0.3) is 0 Å². The van der Waals surface area contributed by atoms with E-state index in [9.17, 15) is 18.0 Å². The smallest absolute Gasteiger partial charge is 0.416 e. The largest absolute Gasteiger partial charge is 0.497 e. The molecule has 4 rings (SSSR count). The highest BCUT2D eigenvalue weighted by Gasteiger charge is 2.32. The maximum Gasteiger partial charge on any atom is 0.416 e. The van der Waals surface area contributed by atoms with Crippen molar-refractivity contribution in [1.29, 1.82) is 0 Å². The fourth-order valence-corrected chi connectivity index (χ4v) is 4.13. The molecular formula is C27H27F3N2O3. The van der Waals surface area contributed by atoms with Crippen LogP contribution in [-0.2, 0) is 32.0 Å². The minimum absolute atomic E-state index is 0.0847. The summed E-state index contributed by atoms with van der Waals surface area (Å²) in [6.07, 6.45) is -0.555. The van der Waals surface area contributed by atoms with Gasteiger partial charge in [0.2, 0.25) is 0 Å². The van der Waals surface area contributed by atoms with E-state index in [1.54, 1.807) is 24.1 Å². The van der Waals surface area contributed by atoms with Crippen molar-refractivity contribution in [2.24, 2.45) is 0 Å². The second kappa shape index (κ2) is 10.4. The van der Waals surface area contributed by atoms with Crippen LogP contribution in [0.4, 0.5) is 13.2 Å². The van der Waals surface area contributed by atoms with Crippen LogP contribution in [0.2, 0.25) is 0 Å². The van der Waals surface area contributed by atoms with Crippen LogP contribution < -0.4 is 9.47 Å². The predicted octanol–water partition coefficient (Wildman–Crippen LogP) is 5.49. The van der Waals surface area contributed by atoms with Crippen molar-refractivity contribution in [2.75, 3.05) is 20.3 Å². The summed E-state index contributed by atoms with van der Waals surface area (Å²) in [4.78, 5) is 19.4. The second-order valence-electron chi connectivity index (χ2n) is 8.44. The van der Waals surface area contributed by atoms with E-state index >= 15 is 0 Å². The molecule has 8 heteroatoms. The zero-order valence-electron chi connectivity index (χ0n) is 19.7. The number of hydrogen-bond acceptors (Lipinski definition) is 4. The maximum absolute atomic E-state index is 13.4. The van der Waals surface area contributed by atoms with Crippen molar-refractivity contribution in [1.82, 2.24) is 9.88 Å². The maximum atomic E-state index is 13.4. The quantitative estimate of drug-likeness (QED) is 0.424. The summed E-state index contributed by atoms with van der Waals surface area (Å²) in [7, 11) is 1.55. The molecule has 0 unspecified atom stereocenters. The van der Waals surface area contributed by atoms with Crippen molar-refractivity contribution < 1.29 is 27.4 Å². The molecule has 2 aromatic carbocycles. The number of methoxy groups -OCH3 is 1. The molecule has 1 aliphatic rings. The Labute approximate surface area is 202 Å². The first-order valence-corrected chi connectivity index (χ1v) is 11.5. The minimum Gasteiger partial charge on any atom is -0.497 e. The number of halogens is 3. The third kappa shape index (κ3) is 5.75. The third-order valence-electron chi connectivity index (χ3n) is 6.08. The first kappa shape index (κ1) is 24.6. The Bertz CT molecular complexity index is 1190. The Morgan fingerprint density at radius 2 is 1.91 bits per heavy atom. The van der Waals surface area contributed by atoms with Gasteiger partial charge in [-0.3, -0.25) is 9.78 Å². The van der Waals surface area contributed by atoms with Gasteiger partial charge in [0.25, 0.3) is 5.91 Å². The fourth-order valence-electron chi connectivity index (χ4n) is 4.13. The van der Waals surface area contributed by atoms with E-state index in [1.807, 2.05) is 24.4 Å². The lowest BCUT2D eigenvalue weighted by atomic mass is 9.96. The molecule has 1 amide bonds. The highest BCUT2D eigenvalue weighted by molar-refractivity contribution is 5.99. The topological polar surface area (TPSA) is 51.7 Å². The molecule has 0 spiro atoms. The zero-order chi connectivity index (χ0) is 25.0. The molecule has 2 heterocycles.